The number of likely N-dealkylation sites (N-methyl/N-ethyl adjacent to an activating group) is 1. The molecule has 7 heteroatoms. The molecule has 0 radical (unpaired) electrons. The third-order valence-electron chi connectivity index (χ3n) is 6.68. The molecule has 33 heavy (non-hydrogen) atoms. The molecule has 0 atom stereocenters. The highest BCUT2D eigenvalue weighted by Gasteiger charge is 2.47. The van der Waals surface area contributed by atoms with Gasteiger partial charge in [-0.3, -0.25) is 9.80 Å². The number of carbonyl (C=O) groups excluding carboxylic acids is 2. The van der Waals surface area contributed by atoms with Crippen molar-refractivity contribution in [2.24, 2.45) is 0 Å². The fraction of sp³-hybridized carbons (Fsp3) is 0.462. The summed E-state index contributed by atoms with van der Waals surface area (Å²) in [4.78, 5) is 28.5. The van der Waals surface area contributed by atoms with E-state index in [4.69, 9.17) is 9.47 Å². The molecule has 0 aliphatic carbocycles. The van der Waals surface area contributed by atoms with Gasteiger partial charge in [-0.2, -0.15) is 0 Å². The lowest BCUT2D eigenvalue weighted by Gasteiger charge is -2.46. The molecule has 0 N–H and O–H groups in total. The molecule has 4 rings (SSSR count). The number of likely N-dealkylation sites (tertiary alicyclic amines) is 1. The number of carbonyl (C=O) groups is 2. The molecule has 176 valence electrons. The smallest absolute Gasteiger partial charge is 0.410 e. The third-order valence-corrected chi connectivity index (χ3v) is 6.68. The first-order valence-electron chi connectivity index (χ1n) is 11.8. The number of rotatable bonds is 6. The SMILES string of the molecule is CCN(C(=O)C1(c2ccccc2)CCN(C(=O)OCc2ccccc2)CC1)N1CCOCC1. The fourth-order valence-electron chi connectivity index (χ4n) is 4.78. The fourth-order valence-corrected chi connectivity index (χ4v) is 4.78. The lowest BCUT2D eigenvalue weighted by Crippen LogP contribution is -2.59. The first kappa shape index (κ1) is 23.3. The highest BCUT2D eigenvalue weighted by atomic mass is 16.6. The minimum atomic E-state index is -0.661. The van der Waals surface area contributed by atoms with Crippen LogP contribution >= 0.6 is 0 Å². The molecule has 2 aromatic carbocycles. The summed E-state index contributed by atoms with van der Waals surface area (Å²) in [7, 11) is 0. The van der Waals surface area contributed by atoms with Crippen LogP contribution < -0.4 is 0 Å². The predicted molar refractivity (Wildman–Crippen MR) is 125 cm³/mol. The van der Waals surface area contributed by atoms with E-state index < -0.39 is 5.41 Å². The van der Waals surface area contributed by atoms with E-state index >= 15 is 0 Å². The van der Waals surface area contributed by atoms with Crippen molar-refractivity contribution >= 4 is 12.0 Å². The first-order valence-corrected chi connectivity index (χ1v) is 11.8. The molecule has 0 unspecified atom stereocenters. The quantitative estimate of drug-likeness (QED) is 0.673. The van der Waals surface area contributed by atoms with Gasteiger partial charge in [0.15, 0.2) is 0 Å². The molecule has 2 heterocycles. The largest absolute Gasteiger partial charge is 0.445 e. The Morgan fingerprint density at radius 2 is 1.55 bits per heavy atom. The summed E-state index contributed by atoms with van der Waals surface area (Å²) >= 11 is 0. The molecule has 2 fully saturated rings. The predicted octanol–water partition coefficient (Wildman–Crippen LogP) is 3.45. The Balaban J connectivity index is 1.48. The Labute approximate surface area is 195 Å². The Morgan fingerprint density at radius 1 is 0.939 bits per heavy atom. The van der Waals surface area contributed by atoms with Crippen molar-refractivity contribution in [3.05, 3.63) is 71.8 Å². The molecule has 2 aromatic rings. The lowest BCUT2D eigenvalue weighted by atomic mass is 9.71. The average molecular weight is 452 g/mol. The zero-order valence-corrected chi connectivity index (χ0v) is 19.3. The van der Waals surface area contributed by atoms with Crippen LogP contribution in [0.1, 0.15) is 30.9 Å². The van der Waals surface area contributed by atoms with Crippen LogP contribution in [0.25, 0.3) is 0 Å². The van der Waals surface area contributed by atoms with E-state index in [-0.39, 0.29) is 18.6 Å². The van der Waals surface area contributed by atoms with Crippen molar-refractivity contribution in [2.45, 2.75) is 31.8 Å². The van der Waals surface area contributed by atoms with Gasteiger partial charge >= 0.3 is 6.09 Å². The number of piperidine rings is 1. The van der Waals surface area contributed by atoms with Crippen LogP contribution in [0.3, 0.4) is 0 Å². The Bertz CT molecular complexity index is 908. The molecule has 7 nitrogen and oxygen atoms in total. The molecule has 0 bridgehead atoms. The van der Waals surface area contributed by atoms with Gasteiger partial charge in [0.2, 0.25) is 5.91 Å². The third kappa shape index (κ3) is 5.20. The highest BCUT2D eigenvalue weighted by molar-refractivity contribution is 5.88. The van der Waals surface area contributed by atoms with Gasteiger partial charge in [0, 0.05) is 32.7 Å². The normalized spacial score (nSPS) is 18.5. The van der Waals surface area contributed by atoms with E-state index in [0.29, 0.717) is 58.8 Å². The number of morpholine rings is 1. The molecule has 2 aliphatic heterocycles. The second-order valence-corrected chi connectivity index (χ2v) is 8.56. The van der Waals surface area contributed by atoms with Crippen LogP contribution in [0, 0.1) is 0 Å². The lowest BCUT2D eigenvalue weighted by molar-refractivity contribution is -0.164. The van der Waals surface area contributed by atoms with Gasteiger partial charge in [0.05, 0.1) is 18.6 Å². The van der Waals surface area contributed by atoms with Crippen LogP contribution in [0.15, 0.2) is 60.7 Å². The summed E-state index contributed by atoms with van der Waals surface area (Å²) in [6.07, 6.45) is 0.808. The maximum absolute atomic E-state index is 14.0. The number of hydrogen-bond acceptors (Lipinski definition) is 5. The van der Waals surface area contributed by atoms with Gasteiger partial charge in [-0.15, -0.1) is 0 Å². The number of hydrazine groups is 1. The van der Waals surface area contributed by atoms with Gasteiger partial charge in [0.25, 0.3) is 0 Å². The van der Waals surface area contributed by atoms with Gasteiger partial charge in [0.1, 0.15) is 6.61 Å². The maximum Gasteiger partial charge on any atom is 0.410 e. The van der Waals surface area contributed by atoms with Crippen LogP contribution in [-0.4, -0.2) is 72.9 Å². The topological polar surface area (TPSA) is 62.3 Å². The van der Waals surface area contributed by atoms with Crippen LogP contribution in [0.4, 0.5) is 4.79 Å². The number of ether oxygens (including phenoxy) is 2. The summed E-state index contributed by atoms with van der Waals surface area (Å²) in [5, 5.41) is 4.00. The van der Waals surface area contributed by atoms with E-state index in [1.54, 1.807) is 4.90 Å². The first-order chi connectivity index (χ1) is 16.1. The zero-order chi connectivity index (χ0) is 23.1. The molecule has 2 aliphatic rings. The van der Waals surface area contributed by atoms with Crippen molar-refractivity contribution in [1.29, 1.82) is 0 Å². The zero-order valence-electron chi connectivity index (χ0n) is 19.3. The van der Waals surface area contributed by atoms with Crippen LogP contribution in [-0.2, 0) is 26.3 Å². The summed E-state index contributed by atoms with van der Waals surface area (Å²) in [5.41, 5.74) is 1.31. The number of benzene rings is 2. The van der Waals surface area contributed by atoms with Crippen LogP contribution in [0.5, 0.6) is 0 Å². The van der Waals surface area contributed by atoms with Crippen molar-refractivity contribution < 1.29 is 19.1 Å². The number of hydrogen-bond donors (Lipinski definition) is 0. The van der Waals surface area contributed by atoms with E-state index in [9.17, 15) is 9.59 Å². The molecule has 2 saturated heterocycles. The second kappa shape index (κ2) is 10.8. The van der Waals surface area contributed by atoms with E-state index in [1.165, 1.54) is 0 Å². The minimum Gasteiger partial charge on any atom is -0.445 e. The molecular formula is C26H33N3O4. The summed E-state index contributed by atoms with van der Waals surface area (Å²) in [5.74, 6) is 0.107. The summed E-state index contributed by atoms with van der Waals surface area (Å²) in [6, 6.07) is 19.7. The number of nitrogens with zero attached hydrogens (tertiary/aromatic N) is 3. The standard InChI is InChI=1S/C26H33N3O4/c1-2-29(28-17-19-32-20-18-28)24(30)26(23-11-7-4-8-12-23)13-15-27(16-14-26)25(31)33-21-22-9-5-3-6-10-22/h3-12H,2,13-21H2,1H3. The monoisotopic (exact) mass is 451 g/mol. The molecular weight excluding hydrogens is 418 g/mol. The van der Waals surface area contributed by atoms with E-state index in [0.717, 1.165) is 11.1 Å². The van der Waals surface area contributed by atoms with E-state index in [1.807, 2.05) is 72.6 Å². The van der Waals surface area contributed by atoms with Gasteiger partial charge in [-0.25, -0.2) is 9.80 Å². The minimum absolute atomic E-state index is 0.107. The van der Waals surface area contributed by atoms with Gasteiger partial charge < -0.3 is 14.4 Å². The van der Waals surface area contributed by atoms with Crippen LogP contribution in [0.2, 0.25) is 0 Å². The van der Waals surface area contributed by atoms with E-state index in [2.05, 4.69) is 5.01 Å². The van der Waals surface area contributed by atoms with Gasteiger partial charge in [-0.1, -0.05) is 60.7 Å². The van der Waals surface area contributed by atoms with Crippen molar-refractivity contribution in [3.63, 3.8) is 0 Å². The van der Waals surface area contributed by atoms with Crippen molar-refractivity contribution in [2.75, 3.05) is 45.9 Å². The average Bonchev–Trinajstić information content (AvgIpc) is 2.89. The second-order valence-electron chi connectivity index (χ2n) is 8.56. The summed E-state index contributed by atoms with van der Waals surface area (Å²) in [6.45, 7) is 6.51. The maximum atomic E-state index is 14.0. The van der Waals surface area contributed by atoms with Crippen molar-refractivity contribution in [1.82, 2.24) is 14.9 Å². The molecule has 2 amide bonds. The number of amides is 2. The molecule has 0 saturated carbocycles. The molecule has 0 spiro atoms. The van der Waals surface area contributed by atoms with Crippen molar-refractivity contribution in [3.8, 4) is 0 Å². The Morgan fingerprint density at radius 3 is 2.15 bits per heavy atom. The highest BCUT2D eigenvalue weighted by Crippen LogP contribution is 2.38. The van der Waals surface area contributed by atoms with Gasteiger partial charge in [-0.05, 0) is 30.9 Å². The Hall–Kier alpha value is -2.90. The molecule has 0 aromatic heterocycles. The Kier molecular flexibility index (Phi) is 7.62. The summed E-state index contributed by atoms with van der Waals surface area (Å²) < 4.78 is 11.0.